The quantitative estimate of drug-likeness (QED) is 0.942. The molecule has 0 radical (unpaired) electrons. The third-order valence-corrected chi connectivity index (χ3v) is 5.84. The molecule has 1 unspecified atom stereocenters. The lowest BCUT2D eigenvalue weighted by Gasteiger charge is -2.15. The maximum Gasteiger partial charge on any atom is 0.206 e. The van der Waals surface area contributed by atoms with Crippen LogP contribution in [-0.2, 0) is 9.84 Å². The monoisotopic (exact) mass is 317 g/mol. The highest BCUT2D eigenvalue weighted by Crippen LogP contribution is 2.34. The zero-order valence-corrected chi connectivity index (χ0v) is 13.3. The number of hydrogen-bond acceptors (Lipinski definition) is 4. The van der Waals surface area contributed by atoms with E-state index in [9.17, 15) is 8.42 Å². The van der Waals surface area contributed by atoms with Crippen LogP contribution in [0.3, 0.4) is 0 Å². The first-order valence-electron chi connectivity index (χ1n) is 7.31. The summed E-state index contributed by atoms with van der Waals surface area (Å²) in [6.45, 7) is 1.89. The van der Waals surface area contributed by atoms with Gasteiger partial charge in [0.25, 0.3) is 0 Å². The molecule has 3 rings (SSSR count). The lowest BCUT2D eigenvalue weighted by atomic mass is 9.97. The fraction of sp³-hybridized carbons (Fsp3) is 0.294. The Hall–Kier alpha value is -1.85. The molecule has 22 heavy (non-hydrogen) atoms. The van der Waals surface area contributed by atoms with E-state index in [2.05, 4.69) is 5.32 Å². The van der Waals surface area contributed by atoms with Crippen molar-refractivity contribution in [3.05, 3.63) is 54.1 Å². The van der Waals surface area contributed by atoms with Crippen molar-refractivity contribution in [2.45, 2.75) is 22.1 Å². The standard InChI is InChI=1S/C17H19NO3S/c1-21-17-11-15(7-8-16(17)13-9-10-18-12-13)22(19,20)14-5-3-2-4-6-14/h2-8,11,13,18H,9-10,12H2,1H3. The van der Waals surface area contributed by atoms with Gasteiger partial charge >= 0.3 is 0 Å². The highest BCUT2D eigenvalue weighted by Gasteiger charge is 2.23. The van der Waals surface area contributed by atoms with Gasteiger partial charge in [-0.1, -0.05) is 24.3 Å². The van der Waals surface area contributed by atoms with Gasteiger partial charge in [-0.05, 0) is 42.8 Å². The summed E-state index contributed by atoms with van der Waals surface area (Å²) < 4.78 is 30.8. The second-order valence-electron chi connectivity index (χ2n) is 5.41. The third-order valence-electron chi connectivity index (χ3n) is 4.07. The minimum absolute atomic E-state index is 0.269. The Labute approximate surface area is 131 Å². The highest BCUT2D eigenvalue weighted by molar-refractivity contribution is 7.91. The number of ether oxygens (including phenoxy) is 1. The Bertz CT molecular complexity index is 751. The fourth-order valence-electron chi connectivity index (χ4n) is 2.85. The van der Waals surface area contributed by atoms with E-state index in [1.165, 1.54) is 0 Å². The zero-order valence-electron chi connectivity index (χ0n) is 12.5. The summed E-state index contributed by atoms with van der Waals surface area (Å²) in [5, 5.41) is 3.32. The molecule has 1 aliphatic rings. The van der Waals surface area contributed by atoms with E-state index in [4.69, 9.17) is 4.74 Å². The average Bonchev–Trinajstić information content (AvgIpc) is 3.09. The molecule has 0 bridgehead atoms. The molecule has 1 heterocycles. The van der Waals surface area contributed by atoms with Crippen molar-refractivity contribution >= 4 is 9.84 Å². The average molecular weight is 317 g/mol. The van der Waals surface area contributed by atoms with Crippen molar-refractivity contribution in [2.75, 3.05) is 20.2 Å². The number of sulfone groups is 1. The zero-order chi connectivity index (χ0) is 15.6. The summed E-state index contributed by atoms with van der Waals surface area (Å²) in [4.78, 5) is 0.567. The van der Waals surface area contributed by atoms with Crippen molar-refractivity contribution in [3.8, 4) is 5.75 Å². The van der Waals surface area contributed by atoms with Crippen LogP contribution in [0.25, 0.3) is 0 Å². The summed E-state index contributed by atoms with van der Waals surface area (Å²) in [6.07, 6.45) is 1.04. The topological polar surface area (TPSA) is 55.4 Å². The Morgan fingerprint density at radius 1 is 1.09 bits per heavy atom. The van der Waals surface area contributed by atoms with E-state index in [-0.39, 0.29) is 4.90 Å². The number of nitrogens with one attached hydrogen (secondary N) is 1. The van der Waals surface area contributed by atoms with Gasteiger partial charge in [0, 0.05) is 12.5 Å². The van der Waals surface area contributed by atoms with Crippen LogP contribution >= 0.6 is 0 Å². The van der Waals surface area contributed by atoms with Crippen LogP contribution in [0.15, 0.2) is 58.3 Å². The summed E-state index contributed by atoms with van der Waals surface area (Å²) >= 11 is 0. The summed E-state index contributed by atoms with van der Waals surface area (Å²) in [5.41, 5.74) is 1.07. The highest BCUT2D eigenvalue weighted by atomic mass is 32.2. The van der Waals surface area contributed by atoms with Crippen molar-refractivity contribution < 1.29 is 13.2 Å². The van der Waals surface area contributed by atoms with E-state index in [1.807, 2.05) is 6.07 Å². The normalized spacial score (nSPS) is 18.3. The minimum Gasteiger partial charge on any atom is -0.496 e. The molecular formula is C17H19NO3S. The second-order valence-corrected chi connectivity index (χ2v) is 7.36. The van der Waals surface area contributed by atoms with E-state index in [0.29, 0.717) is 16.6 Å². The summed E-state index contributed by atoms with van der Waals surface area (Å²) in [7, 11) is -1.92. The van der Waals surface area contributed by atoms with Crippen molar-refractivity contribution in [1.82, 2.24) is 5.32 Å². The number of benzene rings is 2. The van der Waals surface area contributed by atoms with Crippen LogP contribution in [0.1, 0.15) is 17.9 Å². The number of rotatable bonds is 4. The first-order valence-corrected chi connectivity index (χ1v) is 8.80. The first kappa shape index (κ1) is 15.1. The molecule has 1 saturated heterocycles. The van der Waals surface area contributed by atoms with Crippen molar-refractivity contribution in [3.63, 3.8) is 0 Å². The smallest absolute Gasteiger partial charge is 0.206 e. The molecule has 1 aliphatic heterocycles. The first-order chi connectivity index (χ1) is 10.6. The van der Waals surface area contributed by atoms with Gasteiger partial charge in [0.05, 0.1) is 16.9 Å². The Morgan fingerprint density at radius 2 is 1.86 bits per heavy atom. The number of hydrogen-bond donors (Lipinski definition) is 1. The second kappa shape index (κ2) is 6.10. The lowest BCUT2D eigenvalue weighted by molar-refractivity contribution is 0.405. The lowest BCUT2D eigenvalue weighted by Crippen LogP contribution is -2.09. The van der Waals surface area contributed by atoms with Crippen LogP contribution in [0.2, 0.25) is 0 Å². The van der Waals surface area contributed by atoms with Gasteiger partial charge in [-0.15, -0.1) is 0 Å². The van der Waals surface area contributed by atoms with E-state index in [0.717, 1.165) is 25.1 Å². The molecule has 116 valence electrons. The van der Waals surface area contributed by atoms with Gasteiger partial charge in [-0.3, -0.25) is 0 Å². The largest absolute Gasteiger partial charge is 0.496 e. The number of methoxy groups -OCH3 is 1. The SMILES string of the molecule is COc1cc(S(=O)(=O)c2ccccc2)ccc1C1CCNC1. The molecule has 0 aliphatic carbocycles. The van der Waals surface area contributed by atoms with Crippen LogP contribution < -0.4 is 10.1 Å². The molecule has 5 heteroatoms. The van der Waals surface area contributed by atoms with E-state index < -0.39 is 9.84 Å². The van der Waals surface area contributed by atoms with Crippen LogP contribution in [0, 0.1) is 0 Å². The molecule has 0 aromatic heterocycles. The van der Waals surface area contributed by atoms with Crippen LogP contribution in [0.5, 0.6) is 5.75 Å². The molecule has 0 amide bonds. The van der Waals surface area contributed by atoms with Crippen LogP contribution in [-0.4, -0.2) is 28.6 Å². The van der Waals surface area contributed by atoms with Gasteiger partial charge in [0.15, 0.2) is 0 Å². The molecule has 2 aromatic carbocycles. The van der Waals surface area contributed by atoms with Gasteiger partial charge in [-0.2, -0.15) is 0 Å². The van der Waals surface area contributed by atoms with Gasteiger partial charge in [0.2, 0.25) is 9.84 Å². The van der Waals surface area contributed by atoms with Gasteiger partial charge < -0.3 is 10.1 Å². The van der Waals surface area contributed by atoms with Crippen LogP contribution in [0.4, 0.5) is 0 Å². The van der Waals surface area contributed by atoms with Crippen molar-refractivity contribution in [2.24, 2.45) is 0 Å². The third kappa shape index (κ3) is 2.74. The molecular weight excluding hydrogens is 298 g/mol. The fourth-order valence-corrected chi connectivity index (χ4v) is 4.15. The Balaban J connectivity index is 2.02. The molecule has 0 saturated carbocycles. The van der Waals surface area contributed by atoms with E-state index in [1.54, 1.807) is 49.6 Å². The molecule has 1 N–H and O–H groups in total. The summed E-state index contributed by atoms with van der Waals surface area (Å²) in [6, 6.07) is 13.7. The molecule has 1 atom stereocenters. The maximum atomic E-state index is 12.7. The predicted molar refractivity (Wildman–Crippen MR) is 85.1 cm³/mol. The maximum absolute atomic E-state index is 12.7. The van der Waals surface area contributed by atoms with Gasteiger partial charge in [-0.25, -0.2) is 8.42 Å². The Kier molecular flexibility index (Phi) is 4.18. The Morgan fingerprint density at radius 3 is 2.50 bits per heavy atom. The minimum atomic E-state index is -3.51. The molecule has 4 nitrogen and oxygen atoms in total. The summed E-state index contributed by atoms with van der Waals surface area (Å²) in [5.74, 6) is 1.02. The van der Waals surface area contributed by atoms with E-state index >= 15 is 0 Å². The van der Waals surface area contributed by atoms with Crippen molar-refractivity contribution in [1.29, 1.82) is 0 Å². The molecule has 1 fully saturated rings. The molecule has 0 spiro atoms. The predicted octanol–water partition coefficient (Wildman–Crippen LogP) is 2.60. The van der Waals surface area contributed by atoms with Gasteiger partial charge in [0.1, 0.15) is 5.75 Å². The molecule has 2 aromatic rings.